The minimum Gasteiger partial charge on any atom is -1.00 e. The molecule has 0 bridgehead atoms. The summed E-state index contributed by atoms with van der Waals surface area (Å²) in [6, 6.07) is 0. The van der Waals surface area contributed by atoms with E-state index in [1.807, 2.05) is 0 Å². The maximum absolute atomic E-state index is 10.3. The van der Waals surface area contributed by atoms with Crippen LogP contribution in [0.3, 0.4) is 0 Å². The van der Waals surface area contributed by atoms with Crippen molar-refractivity contribution in [3.05, 3.63) is 0 Å². The van der Waals surface area contributed by atoms with Crippen molar-refractivity contribution < 1.29 is 98.6 Å². The number of hydrogen-bond acceptors (Lipinski definition) is 4. The molecule has 0 amide bonds. The van der Waals surface area contributed by atoms with E-state index in [4.69, 9.17) is 20.4 Å². The van der Waals surface area contributed by atoms with Crippen LogP contribution in [0, 0.1) is 0 Å². The summed E-state index contributed by atoms with van der Waals surface area (Å²) in [6.45, 7) is 0. The van der Waals surface area contributed by atoms with Gasteiger partial charge in [-0.2, -0.15) is 0 Å². The fourth-order valence-corrected chi connectivity index (χ4v) is 0.714. The zero-order valence-corrected chi connectivity index (χ0v) is 14.0. The third kappa shape index (κ3) is 14.6. The van der Waals surface area contributed by atoms with E-state index >= 15 is 0 Å². The number of carboxylic acids is 3. The molecule has 0 aromatic rings. The molecular formula is C6H15Cl2KO9. The third-order valence-electron chi connectivity index (χ3n) is 1.29. The predicted octanol–water partition coefficient (Wildman–Crippen LogP) is -4.94. The molecule has 8 N–H and O–H groups in total. The molecule has 0 aromatic heterocycles. The summed E-state index contributed by atoms with van der Waals surface area (Å²) in [6.07, 6.45) is -2.29. The summed E-state index contributed by atoms with van der Waals surface area (Å²) in [5, 5.41) is 33.8. The summed E-state index contributed by atoms with van der Waals surface area (Å²) in [5.74, 6) is -5.02. The number of aliphatic hydroxyl groups is 1. The van der Waals surface area contributed by atoms with Crippen LogP contribution in [0.4, 0.5) is 0 Å². The Morgan fingerprint density at radius 1 is 0.889 bits per heavy atom. The van der Waals surface area contributed by atoms with Gasteiger partial charge in [0.2, 0.25) is 0 Å². The van der Waals surface area contributed by atoms with Crippen LogP contribution >= 0.6 is 24.8 Å². The molecule has 9 nitrogen and oxygen atoms in total. The Morgan fingerprint density at radius 2 is 1.11 bits per heavy atom. The van der Waals surface area contributed by atoms with Crippen molar-refractivity contribution in [2.45, 2.75) is 18.4 Å². The molecule has 0 aliphatic rings. The fourth-order valence-electron chi connectivity index (χ4n) is 0.714. The van der Waals surface area contributed by atoms with E-state index in [9.17, 15) is 14.4 Å². The number of carbonyl (C=O) groups is 3. The van der Waals surface area contributed by atoms with E-state index in [1.165, 1.54) is 0 Å². The van der Waals surface area contributed by atoms with E-state index in [2.05, 4.69) is 0 Å². The molecule has 0 saturated heterocycles. The van der Waals surface area contributed by atoms with E-state index in [0.717, 1.165) is 0 Å². The van der Waals surface area contributed by atoms with Crippen molar-refractivity contribution in [3.63, 3.8) is 0 Å². The predicted molar refractivity (Wildman–Crippen MR) is 59.9 cm³/mol. The maximum atomic E-state index is 10.3. The Hall–Kier alpha value is 0.506. The molecule has 0 atom stereocenters. The minimum absolute atomic E-state index is 0. The normalized spacial score (nSPS) is 7.83. The summed E-state index contributed by atoms with van der Waals surface area (Å²) in [5.41, 5.74) is -2.74. The maximum Gasteiger partial charge on any atom is 1.00 e. The van der Waals surface area contributed by atoms with Crippen LogP contribution in [0.25, 0.3) is 0 Å². The van der Waals surface area contributed by atoms with Crippen LogP contribution < -0.4 is 51.4 Å². The van der Waals surface area contributed by atoms with E-state index in [0.29, 0.717) is 0 Å². The molecule has 0 spiro atoms. The van der Waals surface area contributed by atoms with E-state index in [1.54, 1.807) is 0 Å². The molecule has 0 radical (unpaired) electrons. The summed E-state index contributed by atoms with van der Waals surface area (Å²) in [4.78, 5) is 30.5. The number of hydrogen-bond donors (Lipinski definition) is 4. The Kier molecular flexibility index (Phi) is 31.4. The van der Waals surface area contributed by atoms with Gasteiger partial charge in [0.05, 0.1) is 12.8 Å². The molecule has 0 aliphatic carbocycles. The van der Waals surface area contributed by atoms with Crippen LogP contribution in [0.2, 0.25) is 0 Å². The zero-order valence-electron chi connectivity index (χ0n) is 10.2. The van der Waals surface area contributed by atoms with Crippen LogP contribution in [0.5, 0.6) is 0 Å². The van der Waals surface area contributed by atoms with Crippen molar-refractivity contribution in [3.8, 4) is 0 Å². The number of rotatable bonds is 5. The standard InChI is InChI=1S/C6H8O7.2ClH.K.2H2O.H/c7-3(8)1-6(13,5(11)12)2-4(9)10;;;;;;/h13H,1-2H2,(H,7,8)(H,9,10)(H,11,12);2*1H;;2*1H2;/q;;;+1;;;-1. The molecule has 108 valence electrons. The molecule has 0 saturated carbocycles. The zero-order chi connectivity index (χ0) is 10.6. The van der Waals surface area contributed by atoms with Gasteiger partial charge >= 0.3 is 69.3 Å². The molecule has 0 aliphatic heterocycles. The Balaban J connectivity index is -0.0000000480. The van der Waals surface area contributed by atoms with Gasteiger partial charge in [0, 0.05) is 0 Å². The van der Waals surface area contributed by atoms with Crippen molar-refractivity contribution >= 4 is 42.7 Å². The van der Waals surface area contributed by atoms with E-state index in [-0.39, 0.29) is 88.6 Å². The van der Waals surface area contributed by atoms with Crippen molar-refractivity contribution in [1.82, 2.24) is 0 Å². The van der Waals surface area contributed by atoms with Crippen LogP contribution in [-0.4, -0.2) is 54.9 Å². The summed E-state index contributed by atoms with van der Waals surface area (Å²) in [7, 11) is 0. The summed E-state index contributed by atoms with van der Waals surface area (Å²) >= 11 is 0. The third-order valence-corrected chi connectivity index (χ3v) is 1.29. The first-order valence-electron chi connectivity index (χ1n) is 3.17. The second kappa shape index (κ2) is 15.6. The van der Waals surface area contributed by atoms with Crippen LogP contribution in [0.1, 0.15) is 14.3 Å². The molecule has 0 unspecified atom stereocenters. The molecule has 12 heteroatoms. The number of carboxylic acid groups (broad SMARTS) is 3. The molecule has 0 heterocycles. The molecule has 0 aromatic carbocycles. The van der Waals surface area contributed by atoms with E-state index < -0.39 is 36.4 Å². The average molecular weight is 341 g/mol. The SMILES string of the molecule is Cl.Cl.O.O.O=C(O)CC(O)(CC(=O)O)C(=O)O.[H-].[K+]. The fraction of sp³-hybridized carbons (Fsp3) is 0.500. The van der Waals surface area contributed by atoms with Gasteiger partial charge in [-0.3, -0.25) is 9.59 Å². The molecule has 18 heavy (non-hydrogen) atoms. The Bertz CT molecular complexity index is 249. The first-order valence-corrected chi connectivity index (χ1v) is 3.17. The van der Waals surface area contributed by atoms with Gasteiger partial charge in [-0.1, -0.05) is 0 Å². The van der Waals surface area contributed by atoms with Crippen LogP contribution in [-0.2, 0) is 14.4 Å². The monoisotopic (exact) mass is 340 g/mol. The van der Waals surface area contributed by atoms with Crippen molar-refractivity contribution in [2.75, 3.05) is 0 Å². The Morgan fingerprint density at radius 3 is 1.22 bits per heavy atom. The molecular weight excluding hydrogens is 326 g/mol. The Labute approximate surface area is 158 Å². The van der Waals surface area contributed by atoms with Crippen LogP contribution in [0.15, 0.2) is 0 Å². The van der Waals surface area contributed by atoms with Gasteiger partial charge in [-0.05, 0) is 0 Å². The first-order chi connectivity index (χ1) is 5.78. The first kappa shape index (κ1) is 36.3. The molecule has 0 fully saturated rings. The van der Waals surface area contributed by atoms with Gasteiger partial charge in [-0.15, -0.1) is 24.8 Å². The topological polar surface area (TPSA) is 195 Å². The molecule has 0 rings (SSSR count). The second-order valence-corrected chi connectivity index (χ2v) is 2.48. The second-order valence-electron chi connectivity index (χ2n) is 2.48. The van der Waals surface area contributed by atoms with Gasteiger partial charge in [0.25, 0.3) is 0 Å². The van der Waals surface area contributed by atoms with Gasteiger partial charge < -0.3 is 32.8 Å². The van der Waals surface area contributed by atoms with Crippen molar-refractivity contribution in [1.29, 1.82) is 0 Å². The average Bonchev–Trinajstić information content (AvgIpc) is 1.82. The van der Waals surface area contributed by atoms with Crippen molar-refractivity contribution in [2.24, 2.45) is 0 Å². The number of halogens is 2. The smallest absolute Gasteiger partial charge is 1.00 e. The summed E-state index contributed by atoms with van der Waals surface area (Å²) < 4.78 is 0. The van der Waals surface area contributed by atoms with Gasteiger partial charge in [-0.25, -0.2) is 4.79 Å². The van der Waals surface area contributed by atoms with Gasteiger partial charge in [0.1, 0.15) is 0 Å². The quantitative estimate of drug-likeness (QED) is 0.359. The minimum atomic E-state index is -2.74. The van der Waals surface area contributed by atoms with Gasteiger partial charge in [0.15, 0.2) is 5.60 Å². The largest absolute Gasteiger partial charge is 1.00 e. The number of aliphatic carboxylic acids is 3.